The lowest BCUT2D eigenvalue weighted by molar-refractivity contribution is -0.139. The van der Waals surface area contributed by atoms with Gasteiger partial charge in [0.15, 0.2) is 0 Å². The van der Waals surface area contributed by atoms with Crippen molar-refractivity contribution in [3.05, 3.63) is 35.4 Å². The van der Waals surface area contributed by atoms with Crippen LogP contribution in [-0.2, 0) is 16.0 Å². The molecule has 3 unspecified atom stereocenters. The Bertz CT molecular complexity index is 775. The van der Waals surface area contributed by atoms with E-state index in [0.29, 0.717) is 37.4 Å². The Hall–Kier alpha value is -2.26. The van der Waals surface area contributed by atoms with E-state index in [1.807, 2.05) is 12.1 Å². The van der Waals surface area contributed by atoms with Crippen LogP contribution < -0.4 is 16.4 Å². The summed E-state index contributed by atoms with van der Waals surface area (Å²) in [6.45, 7) is 0.337. The molecule has 30 heavy (non-hydrogen) atoms. The molecule has 0 radical (unpaired) electrons. The van der Waals surface area contributed by atoms with Crippen molar-refractivity contribution in [2.45, 2.75) is 56.7 Å². The fourth-order valence-corrected chi connectivity index (χ4v) is 5.23. The molecular formula is C21H30N4O4S. The van der Waals surface area contributed by atoms with Gasteiger partial charge in [-0.15, -0.1) is 11.8 Å². The number of hydrogen-bond donors (Lipinski definition) is 4. The third kappa shape index (κ3) is 5.66. The molecule has 1 fully saturated rings. The standard InChI is InChI=1S/C21H30N4O4S/c22-16(9-3-4-11-23-21(28)29)20(27)25-13-30-12-18(25)19(26)24-17-10-5-7-14-6-1-2-8-15(14)17/h1-2,6,8,16-18,23H,3-5,7,9-13,22H2,(H,24,26)(H,28,29). The zero-order chi connectivity index (χ0) is 21.5. The third-order valence-electron chi connectivity index (χ3n) is 5.69. The van der Waals surface area contributed by atoms with Gasteiger partial charge in [-0.2, -0.15) is 0 Å². The Labute approximate surface area is 180 Å². The first-order valence-electron chi connectivity index (χ1n) is 10.5. The summed E-state index contributed by atoms with van der Waals surface area (Å²) in [6, 6.07) is 7.00. The van der Waals surface area contributed by atoms with E-state index in [9.17, 15) is 14.4 Å². The maximum Gasteiger partial charge on any atom is 0.404 e. The Morgan fingerprint density at radius 3 is 2.87 bits per heavy atom. The van der Waals surface area contributed by atoms with E-state index in [1.165, 1.54) is 11.1 Å². The molecule has 8 nitrogen and oxygen atoms in total. The van der Waals surface area contributed by atoms with Gasteiger partial charge in [0, 0.05) is 12.3 Å². The lowest BCUT2D eigenvalue weighted by Crippen LogP contribution is -2.52. The van der Waals surface area contributed by atoms with Crippen molar-refractivity contribution in [2.24, 2.45) is 5.73 Å². The number of nitrogens with two attached hydrogens (primary N) is 1. The van der Waals surface area contributed by atoms with Gasteiger partial charge in [-0.25, -0.2) is 4.79 Å². The second-order valence-electron chi connectivity index (χ2n) is 7.81. The molecule has 3 atom stereocenters. The predicted molar refractivity (Wildman–Crippen MR) is 116 cm³/mol. The number of nitrogens with zero attached hydrogens (tertiary/aromatic N) is 1. The number of fused-ring (bicyclic) bond motifs is 1. The number of amides is 3. The molecule has 2 aliphatic rings. The van der Waals surface area contributed by atoms with Gasteiger partial charge in [0.2, 0.25) is 11.8 Å². The van der Waals surface area contributed by atoms with E-state index in [-0.39, 0.29) is 17.9 Å². The van der Waals surface area contributed by atoms with Crippen LogP contribution in [0.1, 0.15) is 49.3 Å². The third-order valence-corrected chi connectivity index (χ3v) is 6.70. The van der Waals surface area contributed by atoms with Crippen LogP contribution >= 0.6 is 11.8 Å². The normalized spacial score (nSPS) is 21.6. The second-order valence-corrected chi connectivity index (χ2v) is 8.81. The van der Waals surface area contributed by atoms with Gasteiger partial charge >= 0.3 is 6.09 Å². The molecule has 5 N–H and O–H groups in total. The van der Waals surface area contributed by atoms with Crippen molar-refractivity contribution in [3.8, 4) is 0 Å². The van der Waals surface area contributed by atoms with Crippen LogP contribution in [0.15, 0.2) is 24.3 Å². The number of rotatable bonds is 8. The second kappa shape index (κ2) is 10.7. The highest BCUT2D eigenvalue weighted by Crippen LogP contribution is 2.30. The number of carbonyl (C=O) groups excluding carboxylic acids is 2. The highest BCUT2D eigenvalue weighted by atomic mass is 32.2. The summed E-state index contributed by atoms with van der Waals surface area (Å²) in [6.07, 6.45) is 3.64. The fourth-order valence-electron chi connectivity index (χ4n) is 4.07. The van der Waals surface area contributed by atoms with Gasteiger partial charge in [0.05, 0.1) is 18.0 Å². The summed E-state index contributed by atoms with van der Waals surface area (Å²) < 4.78 is 0. The van der Waals surface area contributed by atoms with Gasteiger partial charge in [-0.05, 0) is 49.7 Å². The Kier molecular flexibility index (Phi) is 7.98. The van der Waals surface area contributed by atoms with Crippen molar-refractivity contribution < 1.29 is 19.5 Å². The molecule has 0 saturated carbocycles. The van der Waals surface area contributed by atoms with Crippen LogP contribution in [0.3, 0.4) is 0 Å². The SMILES string of the molecule is NC(CCCCNC(=O)O)C(=O)N1CSCC1C(=O)NC1CCCc2ccccc21. The van der Waals surface area contributed by atoms with E-state index in [2.05, 4.69) is 22.8 Å². The van der Waals surface area contributed by atoms with Crippen LogP contribution in [0.25, 0.3) is 0 Å². The highest BCUT2D eigenvalue weighted by molar-refractivity contribution is 7.99. The predicted octanol–water partition coefficient (Wildman–Crippen LogP) is 1.85. The summed E-state index contributed by atoms with van der Waals surface area (Å²) in [5.41, 5.74) is 8.53. The van der Waals surface area contributed by atoms with Gasteiger partial charge in [-0.1, -0.05) is 24.3 Å². The quantitative estimate of drug-likeness (QED) is 0.463. The number of hydrogen-bond acceptors (Lipinski definition) is 5. The van der Waals surface area contributed by atoms with E-state index < -0.39 is 18.2 Å². The number of carbonyl (C=O) groups is 3. The molecule has 0 spiro atoms. The lowest BCUT2D eigenvalue weighted by atomic mass is 9.87. The van der Waals surface area contributed by atoms with E-state index >= 15 is 0 Å². The zero-order valence-corrected chi connectivity index (χ0v) is 17.8. The number of nitrogens with one attached hydrogen (secondary N) is 2. The number of carboxylic acid groups (broad SMARTS) is 1. The van der Waals surface area contributed by atoms with E-state index in [1.54, 1.807) is 16.7 Å². The molecule has 1 aromatic carbocycles. The van der Waals surface area contributed by atoms with Crippen LogP contribution in [0, 0.1) is 0 Å². The number of benzene rings is 1. The zero-order valence-electron chi connectivity index (χ0n) is 17.0. The lowest BCUT2D eigenvalue weighted by Gasteiger charge is -2.30. The number of thioether (sulfide) groups is 1. The smallest absolute Gasteiger partial charge is 0.404 e. The number of aryl methyl sites for hydroxylation is 1. The van der Waals surface area contributed by atoms with Crippen molar-refractivity contribution >= 4 is 29.7 Å². The fraction of sp³-hybridized carbons (Fsp3) is 0.571. The molecular weight excluding hydrogens is 404 g/mol. The summed E-state index contributed by atoms with van der Waals surface area (Å²) in [5, 5.41) is 14.0. The van der Waals surface area contributed by atoms with Crippen molar-refractivity contribution in [1.29, 1.82) is 0 Å². The first kappa shape index (κ1) is 22.4. The maximum atomic E-state index is 13.0. The van der Waals surface area contributed by atoms with Crippen LogP contribution in [0.2, 0.25) is 0 Å². The minimum atomic E-state index is -1.06. The monoisotopic (exact) mass is 434 g/mol. The van der Waals surface area contributed by atoms with Crippen LogP contribution in [-0.4, -0.2) is 58.2 Å². The van der Waals surface area contributed by atoms with Gasteiger partial charge in [0.25, 0.3) is 0 Å². The average molecular weight is 435 g/mol. The average Bonchev–Trinajstić information content (AvgIpc) is 3.23. The van der Waals surface area contributed by atoms with Crippen molar-refractivity contribution in [2.75, 3.05) is 18.2 Å². The maximum absolute atomic E-state index is 13.0. The molecule has 164 valence electrons. The molecule has 0 bridgehead atoms. The van der Waals surface area contributed by atoms with Crippen molar-refractivity contribution in [3.63, 3.8) is 0 Å². The largest absolute Gasteiger partial charge is 0.465 e. The summed E-state index contributed by atoms with van der Waals surface area (Å²) >= 11 is 1.56. The van der Waals surface area contributed by atoms with Crippen molar-refractivity contribution in [1.82, 2.24) is 15.5 Å². The minimum absolute atomic E-state index is 0.0135. The van der Waals surface area contributed by atoms with Gasteiger partial charge in [0.1, 0.15) is 6.04 Å². The first-order chi connectivity index (χ1) is 14.5. The molecule has 1 aromatic rings. The molecule has 3 rings (SSSR count). The summed E-state index contributed by atoms with van der Waals surface area (Å²) in [7, 11) is 0. The van der Waals surface area contributed by atoms with Crippen LogP contribution in [0.5, 0.6) is 0 Å². The Morgan fingerprint density at radius 2 is 2.07 bits per heavy atom. The molecule has 3 amide bonds. The molecule has 9 heteroatoms. The Balaban J connectivity index is 1.53. The van der Waals surface area contributed by atoms with Crippen LogP contribution in [0.4, 0.5) is 4.79 Å². The number of unbranched alkanes of at least 4 members (excludes halogenated alkanes) is 1. The first-order valence-corrected chi connectivity index (χ1v) is 11.6. The Morgan fingerprint density at radius 1 is 1.27 bits per heavy atom. The minimum Gasteiger partial charge on any atom is -0.465 e. The molecule has 1 aliphatic heterocycles. The summed E-state index contributed by atoms with van der Waals surface area (Å²) in [5.74, 6) is 0.705. The highest BCUT2D eigenvalue weighted by Gasteiger charge is 2.37. The summed E-state index contributed by atoms with van der Waals surface area (Å²) in [4.78, 5) is 37.9. The molecule has 1 aliphatic carbocycles. The molecule has 1 heterocycles. The van der Waals surface area contributed by atoms with Gasteiger partial charge in [-0.3, -0.25) is 9.59 Å². The van der Waals surface area contributed by atoms with Gasteiger partial charge < -0.3 is 26.4 Å². The molecule has 0 aromatic heterocycles. The topological polar surface area (TPSA) is 125 Å². The van der Waals surface area contributed by atoms with E-state index in [4.69, 9.17) is 10.8 Å². The van der Waals surface area contributed by atoms with E-state index in [0.717, 1.165) is 19.3 Å². The molecule has 1 saturated heterocycles.